The molecule has 0 aromatic heterocycles. The van der Waals surface area contributed by atoms with Crippen LogP contribution in [0.3, 0.4) is 0 Å². The number of amides is 1. The van der Waals surface area contributed by atoms with Crippen molar-refractivity contribution >= 4 is 17.6 Å². The number of terminal acetylenes is 1. The predicted octanol–water partition coefficient (Wildman–Crippen LogP) is 0.374. The number of fused-ring (bicyclic) bond motifs is 1. The van der Waals surface area contributed by atoms with Crippen molar-refractivity contribution in [2.45, 2.75) is 6.42 Å². The van der Waals surface area contributed by atoms with E-state index in [0.29, 0.717) is 32.0 Å². The Balaban J connectivity index is 1.89. The molecule has 1 aliphatic rings. The van der Waals surface area contributed by atoms with E-state index >= 15 is 0 Å². The summed E-state index contributed by atoms with van der Waals surface area (Å²) in [5, 5.41) is 6.11. The number of nitrogens with one attached hydrogen (secondary N) is 2. The maximum absolute atomic E-state index is 12.0. The standard InChI is InChI=1S/C15H18N4O/c1-3-8-17-15(16-2)18-9-10-19-13-7-5-4-6-12(13)11-14(19)20/h1,4-7H,8-11H2,2H3,(H2,16,17,18). The van der Waals surface area contributed by atoms with Crippen LogP contribution in [0.15, 0.2) is 29.3 Å². The number of guanidine groups is 1. The van der Waals surface area contributed by atoms with Crippen molar-refractivity contribution in [3.63, 3.8) is 0 Å². The van der Waals surface area contributed by atoms with Crippen LogP contribution in [0.25, 0.3) is 0 Å². The number of hydrogen-bond donors (Lipinski definition) is 2. The molecule has 1 heterocycles. The minimum atomic E-state index is 0.138. The smallest absolute Gasteiger partial charge is 0.231 e. The van der Waals surface area contributed by atoms with Crippen molar-refractivity contribution in [2.75, 3.05) is 31.6 Å². The number of aliphatic imine (C=N–C) groups is 1. The summed E-state index contributed by atoms with van der Waals surface area (Å²) in [4.78, 5) is 17.8. The SMILES string of the molecule is C#CCNC(=NC)NCCN1C(=O)Cc2ccccc21. The Labute approximate surface area is 119 Å². The topological polar surface area (TPSA) is 56.7 Å². The first-order chi connectivity index (χ1) is 9.76. The van der Waals surface area contributed by atoms with Gasteiger partial charge >= 0.3 is 0 Å². The second-order valence-corrected chi connectivity index (χ2v) is 4.41. The van der Waals surface area contributed by atoms with Crippen LogP contribution in [0.5, 0.6) is 0 Å². The minimum Gasteiger partial charge on any atom is -0.355 e. The van der Waals surface area contributed by atoms with Gasteiger partial charge in [-0.3, -0.25) is 9.79 Å². The van der Waals surface area contributed by atoms with Crippen LogP contribution in [0.2, 0.25) is 0 Å². The highest BCUT2D eigenvalue weighted by Gasteiger charge is 2.25. The molecule has 20 heavy (non-hydrogen) atoms. The van der Waals surface area contributed by atoms with Crippen LogP contribution < -0.4 is 15.5 Å². The lowest BCUT2D eigenvalue weighted by atomic mass is 10.2. The molecule has 0 radical (unpaired) electrons. The van der Waals surface area contributed by atoms with E-state index in [1.54, 1.807) is 11.9 Å². The minimum absolute atomic E-state index is 0.138. The number of benzene rings is 1. The van der Waals surface area contributed by atoms with Gasteiger partial charge in [0.15, 0.2) is 5.96 Å². The third-order valence-electron chi connectivity index (χ3n) is 3.13. The van der Waals surface area contributed by atoms with Crippen molar-refractivity contribution in [3.05, 3.63) is 29.8 Å². The summed E-state index contributed by atoms with van der Waals surface area (Å²) < 4.78 is 0. The van der Waals surface area contributed by atoms with Gasteiger partial charge in [-0.2, -0.15) is 0 Å². The van der Waals surface area contributed by atoms with Gasteiger partial charge in [0, 0.05) is 25.8 Å². The summed E-state index contributed by atoms with van der Waals surface area (Å²) in [6.45, 7) is 1.64. The molecule has 0 saturated carbocycles. The van der Waals surface area contributed by atoms with Gasteiger partial charge < -0.3 is 15.5 Å². The van der Waals surface area contributed by atoms with E-state index in [4.69, 9.17) is 6.42 Å². The maximum atomic E-state index is 12.0. The Kier molecular flexibility index (Phi) is 4.61. The fraction of sp³-hybridized carbons (Fsp3) is 0.333. The molecule has 0 bridgehead atoms. The van der Waals surface area contributed by atoms with Gasteiger partial charge in [-0.05, 0) is 11.6 Å². The average molecular weight is 270 g/mol. The zero-order valence-electron chi connectivity index (χ0n) is 11.5. The second kappa shape index (κ2) is 6.62. The molecular weight excluding hydrogens is 252 g/mol. The van der Waals surface area contributed by atoms with E-state index < -0.39 is 0 Å². The summed E-state index contributed by atoms with van der Waals surface area (Å²) in [7, 11) is 1.68. The van der Waals surface area contributed by atoms with Crippen molar-refractivity contribution in [3.8, 4) is 12.3 Å². The summed E-state index contributed by atoms with van der Waals surface area (Å²) in [5.74, 6) is 3.27. The largest absolute Gasteiger partial charge is 0.355 e. The van der Waals surface area contributed by atoms with Gasteiger partial charge in [-0.25, -0.2) is 0 Å². The van der Waals surface area contributed by atoms with Crippen LogP contribution in [-0.4, -0.2) is 38.5 Å². The molecule has 2 N–H and O–H groups in total. The molecule has 0 saturated heterocycles. The molecule has 0 fully saturated rings. The number of carbonyl (C=O) groups excluding carboxylic acids is 1. The Morgan fingerprint density at radius 2 is 2.25 bits per heavy atom. The molecule has 1 aliphatic heterocycles. The van der Waals surface area contributed by atoms with Crippen LogP contribution in [0.4, 0.5) is 5.69 Å². The van der Waals surface area contributed by atoms with E-state index in [1.807, 2.05) is 24.3 Å². The van der Waals surface area contributed by atoms with E-state index in [-0.39, 0.29) is 5.91 Å². The number of para-hydroxylation sites is 1. The molecule has 0 unspecified atom stereocenters. The van der Waals surface area contributed by atoms with Gasteiger partial charge in [0.2, 0.25) is 5.91 Å². The van der Waals surface area contributed by atoms with Crippen molar-refractivity contribution in [1.29, 1.82) is 0 Å². The Hall–Kier alpha value is -2.48. The normalized spacial score (nSPS) is 13.9. The lowest BCUT2D eigenvalue weighted by Gasteiger charge is -2.18. The summed E-state index contributed by atoms with van der Waals surface area (Å²) in [6.07, 6.45) is 5.67. The van der Waals surface area contributed by atoms with Crippen molar-refractivity contribution in [2.24, 2.45) is 4.99 Å². The van der Waals surface area contributed by atoms with Gasteiger partial charge in [0.25, 0.3) is 0 Å². The van der Waals surface area contributed by atoms with E-state index in [0.717, 1.165) is 11.3 Å². The molecule has 5 heteroatoms. The molecule has 5 nitrogen and oxygen atoms in total. The first-order valence-electron chi connectivity index (χ1n) is 6.52. The fourth-order valence-corrected chi connectivity index (χ4v) is 2.20. The van der Waals surface area contributed by atoms with Crippen LogP contribution in [-0.2, 0) is 11.2 Å². The Bertz CT molecular complexity index is 559. The van der Waals surface area contributed by atoms with Gasteiger partial charge in [-0.15, -0.1) is 6.42 Å². The molecule has 0 aliphatic carbocycles. The fourth-order valence-electron chi connectivity index (χ4n) is 2.20. The zero-order chi connectivity index (χ0) is 14.4. The predicted molar refractivity (Wildman–Crippen MR) is 80.7 cm³/mol. The number of nitrogens with zero attached hydrogens (tertiary/aromatic N) is 2. The van der Waals surface area contributed by atoms with E-state index in [9.17, 15) is 4.79 Å². The summed E-state index contributed by atoms with van der Waals surface area (Å²) >= 11 is 0. The van der Waals surface area contributed by atoms with E-state index in [1.165, 1.54) is 0 Å². The highest BCUT2D eigenvalue weighted by atomic mass is 16.2. The lowest BCUT2D eigenvalue weighted by molar-refractivity contribution is -0.117. The monoisotopic (exact) mass is 270 g/mol. The first kappa shape index (κ1) is 13.9. The number of anilines is 1. The lowest BCUT2D eigenvalue weighted by Crippen LogP contribution is -2.42. The third kappa shape index (κ3) is 3.09. The number of rotatable bonds is 4. The van der Waals surface area contributed by atoms with Gasteiger partial charge in [0.1, 0.15) is 0 Å². The average Bonchev–Trinajstić information content (AvgIpc) is 2.78. The first-order valence-corrected chi connectivity index (χ1v) is 6.52. The molecule has 104 valence electrons. The molecular formula is C15H18N4O. The van der Waals surface area contributed by atoms with Gasteiger partial charge in [0.05, 0.1) is 13.0 Å². The quantitative estimate of drug-likeness (QED) is 0.472. The maximum Gasteiger partial charge on any atom is 0.231 e. The molecule has 1 aromatic rings. The molecule has 1 amide bonds. The zero-order valence-corrected chi connectivity index (χ0v) is 11.5. The highest BCUT2D eigenvalue weighted by Crippen LogP contribution is 2.27. The number of carbonyl (C=O) groups is 1. The van der Waals surface area contributed by atoms with Gasteiger partial charge in [-0.1, -0.05) is 24.1 Å². The molecule has 1 aromatic carbocycles. The van der Waals surface area contributed by atoms with Crippen LogP contribution in [0, 0.1) is 12.3 Å². The summed E-state index contributed by atoms with van der Waals surface area (Å²) in [5.41, 5.74) is 2.10. The van der Waals surface area contributed by atoms with Crippen LogP contribution >= 0.6 is 0 Å². The Morgan fingerprint density at radius 3 is 3.00 bits per heavy atom. The van der Waals surface area contributed by atoms with Crippen molar-refractivity contribution in [1.82, 2.24) is 10.6 Å². The van der Waals surface area contributed by atoms with Crippen molar-refractivity contribution < 1.29 is 4.79 Å². The second-order valence-electron chi connectivity index (χ2n) is 4.41. The van der Waals surface area contributed by atoms with Crippen LogP contribution in [0.1, 0.15) is 5.56 Å². The number of hydrogen-bond acceptors (Lipinski definition) is 2. The molecule has 2 rings (SSSR count). The Morgan fingerprint density at radius 1 is 1.45 bits per heavy atom. The summed E-state index contributed by atoms with van der Waals surface area (Å²) in [6, 6.07) is 7.88. The molecule has 0 atom stereocenters. The third-order valence-corrected chi connectivity index (χ3v) is 3.13. The highest BCUT2D eigenvalue weighted by molar-refractivity contribution is 6.01. The molecule has 0 spiro atoms. The van der Waals surface area contributed by atoms with E-state index in [2.05, 4.69) is 21.5 Å².